The van der Waals surface area contributed by atoms with Crippen LogP contribution in [0, 0.1) is 26.2 Å². The monoisotopic (exact) mass is 171 g/mol. The first-order valence-corrected chi connectivity index (χ1v) is 4.68. The van der Waals surface area contributed by atoms with E-state index >= 15 is 0 Å². The van der Waals surface area contributed by atoms with Gasteiger partial charge in [-0.3, -0.25) is 0 Å². The molecule has 1 aromatic rings. The van der Waals surface area contributed by atoms with Crippen LogP contribution in [0.3, 0.4) is 0 Å². The molecule has 0 saturated heterocycles. The van der Waals surface area contributed by atoms with Gasteiger partial charge in [0, 0.05) is 5.92 Å². The SMILES string of the molecule is [C]#CC(CC)c1cc(C)ccc1C. The van der Waals surface area contributed by atoms with Crippen molar-refractivity contribution in [1.29, 1.82) is 0 Å². The molecule has 0 nitrogen and oxygen atoms in total. The second-order valence-corrected chi connectivity index (χ2v) is 3.47. The lowest BCUT2D eigenvalue weighted by Crippen LogP contribution is -1.97. The summed E-state index contributed by atoms with van der Waals surface area (Å²) in [5.41, 5.74) is 3.77. The quantitative estimate of drug-likeness (QED) is 0.598. The third kappa shape index (κ3) is 2.12. The molecule has 13 heavy (non-hydrogen) atoms. The largest absolute Gasteiger partial charge is 0.0809 e. The molecule has 0 saturated carbocycles. The fourth-order valence-electron chi connectivity index (χ4n) is 1.54. The summed E-state index contributed by atoms with van der Waals surface area (Å²) >= 11 is 0. The summed E-state index contributed by atoms with van der Waals surface area (Å²) in [5.74, 6) is 2.75. The van der Waals surface area contributed by atoms with E-state index in [1.54, 1.807) is 0 Å². The minimum atomic E-state index is 0.167. The second kappa shape index (κ2) is 4.14. The van der Waals surface area contributed by atoms with E-state index < -0.39 is 0 Å². The minimum absolute atomic E-state index is 0.167. The van der Waals surface area contributed by atoms with Crippen molar-refractivity contribution in [2.45, 2.75) is 33.1 Å². The molecule has 1 atom stereocenters. The molecule has 0 aliphatic carbocycles. The van der Waals surface area contributed by atoms with Gasteiger partial charge in [0.1, 0.15) is 0 Å². The lowest BCUT2D eigenvalue weighted by molar-refractivity contribution is 0.821. The van der Waals surface area contributed by atoms with Gasteiger partial charge in [-0.05, 0) is 37.8 Å². The van der Waals surface area contributed by atoms with Crippen LogP contribution < -0.4 is 0 Å². The van der Waals surface area contributed by atoms with E-state index in [1.165, 1.54) is 16.7 Å². The van der Waals surface area contributed by atoms with Crippen molar-refractivity contribution in [2.75, 3.05) is 0 Å². The van der Waals surface area contributed by atoms with Crippen LogP contribution in [0.1, 0.15) is 36.0 Å². The summed E-state index contributed by atoms with van der Waals surface area (Å²) in [6.45, 7) is 6.27. The predicted molar refractivity (Wildman–Crippen MR) is 56.1 cm³/mol. The van der Waals surface area contributed by atoms with Crippen LogP contribution in [0.4, 0.5) is 0 Å². The molecule has 0 aromatic heterocycles. The van der Waals surface area contributed by atoms with Crippen molar-refractivity contribution in [3.8, 4) is 5.92 Å². The molecule has 1 radical (unpaired) electrons. The van der Waals surface area contributed by atoms with Gasteiger partial charge in [-0.2, -0.15) is 0 Å². The number of hydrogen-bond donors (Lipinski definition) is 0. The van der Waals surface area contributed by atoms with Gasteiger partial charge in [0.25, 0.3) is 0 Å². The summed E-state index contributed by atoms with van der Waals surface area (Å²) in [7, 11) is 0. The second-order valence-electron chi connectivity index (χ2n) is 3.47. The van der Waals surface area contributed by atoms with E-state index in [0.717, 1.165) is 6.42 Å². The number of benzene rings is 1. The number of rotatable bonds is 2. The van der Waals surface area contributed by atoms with Gasteiger partial charge >= 0.3 is 0 Å². The average molecular weight is 171 g/mol. The smallest absolute Gasteiger partial charge is 0.0462 e. The van der Waals surface area contributed by atoms with E-state index in [9.17, 15) is 0 Å². The first-order valence-electron chi connectivity index (χ1n) is 4.68. The Morgan fingerprint density at radius 3 is 2.62 bits per heavy atom. The fourth-order valence-corrected chi connectivity index (χ4v) is 1.54. The third-order valence-electron chi connectivity index (χ3n) is 2.39. The van der Waals surface area contributed by atoms with Crippen LogP contribution in [-0.4, -0.2) is 0 Å². The Kier molecular flexibility index (Phi) is 3.14. The van der Waals surface area contributed by atoms with Crippen LogP contribution in [0.25, 0.3) is 0 Å². The van der Waals surface area contributed by atoms with E-state index in [0.29, 0.717) is 0 Å². The Morgan fingerprint density at radius 1 is 1.38 bits per heavy atom. The molecule has 67 valence electrons. The van der Waals surface area contributed by atoms with Gasteiger partial charge < -0.3 is 0 Å². The Labute approximate surface area is 81.0 Å². The van der Waals surface area contributed by atoms with Crippen molar-refractivity contribution in [2.24, 2.45) is 0 Å². The van der Waals surface area contributed by atoms with E-state index in [-0.39, 0.29) is 5.92 Å². The predicted octanol–water partition coefficient (Wildman–Crippen LogP) is 3.39. The molecule has 0 N–H and O–H groups in total. The van der Waals surface area contributed by atoms with Crippen LogP contribution in [0.2, 0.25) is 0 Å². The maximum atomic E-state index is 7.21. The molecule has 0 amide bonds. The van der Waals surface area contributed by atoms with Gasteiger partial charge in [0.2, 0.25) is 0 Å². The molecule has 1 unspecified atom stereocenters. The van der Waals surface area contributed by atoms with Gasteiger partial charge in [-0.15, -0.1) is 0 Å². The molecule has 1 rings (SSSR count). The highest BCUT2D eigenvalue weighted by Gasteiger charge is 2.08. The van der Waals surface area contributed by atoms with Gasteiger partial charge in [-0.1, -0.05) is 36.6 Å². The third-order valence-corrected chi connectivity index (χ3v) is 2.39. The van der Waals surface area contributed by atoms with Crippen molar-refractivity contribution in [3.05, 3.63) is 41.3 Å². The normalized spacial score (nSPS) is 12.2. The van der Waals surface area contributed by atoms with Gasteiger partial charge in [0.15, 0.2) is 0 Å². The van der Waals surface area contributed by atoms with Crippen LogP contribution in [0.15, 0.2) is 18.2 Å². The summed E-state index contributed by atoms with van der Waals surface area (Å²) in [6.07, 6.45) is 8.17. The molecule has 0 fully saturated rings. The Bertz CT molecular complexity index is 328. The van der Waals surface area contributed by atoms with Gasteiger partial charge in [0.05, 0.1) is 0 Å². The highest BCUT2D eigenvalue weighted by atomic mass is 14.1. The van der Waals surface area contributed by atoms with Crippen molar-refractivity contribution in [1.82, 2.24) is 0 Å². The number of hydrogen-bond acceptors (Lipinski definition) is 0. The first-order chi connectivity index (χ1) is 6.19. The topological polar surface area (TPSA) is 0 Å². The lowest BCUT2D eigenvalue weighted by Gasteiger charge is -2.12. The molecule has 0 spiro atoms. The molecule has 0 bridgehead atoms. The van der Waals surface area contributed by atoms with Crippen LogP contribution in [0.5, 0.6) is 0 Å². The van der Waals surface area contributed by atoms with E-state index in [4.69, 9.17) is 6.42 Å². The fraction of sp³-hybridized carbons (Fsp3) is 0.385. The summed E-state index contributed by atoms with van der Waals surface area (Å²) in [6, 6.07) is 6.38. The highest BCUT2D eigenvalue weighted by Crippen LogP contribution is 2.23. The van der Waals surface area contributed by atoms with Crippen molar-refractivity contribution >= 4 is 0 Å². The highest BCUT2D eigenvalue weighted by molar-refractivity contribution is 5.36. The van der Waals surface area contributed by atoms with E-state index in [2.05, 4.69) is 44.9 Å². The Morgan fingerprint density at radius 2 is 2.08 bits per heavy atom. The molecule has 0 heteroatoms. The molecular formula is C13H15. The molecule has 0 aliphatic rings. The van der Waals surface area contributed by atoms with Crippen molar-refractivity contribution < 1.29 is 0 Å². The van der Waals surface area contributed by atoms with E-state index in [1.807, 2.05) is 0 Å². The minimum Gasteiger partial charge on any atom is -0.0809 e. The number of aryl methyl sites for hydroxylation is 2. The maximum absolute atomic E-state index is 7.21. The molecule has 1 aromatic carbocycles. The van der Waals surface area contributed by atoms with Crippen molar-refractivity contribution in [3.63, 3.8) is 0 Å². The average Bonchev–Trinajstić information content (AvgIpc) is 2.13. The maximum Gasteiger partial charge on any atom is 0.0462 e. The first kappa shape index (κ1) is 9.86. The molecular weight excluding hydrogens is 156 g/mol. The molecule has 0 heterocycles. The summed E-state index contributed by atoms with van der Waals surface area (Å²) < 4.78 is 0. The Hall–Kier alpha value is -1.22. The molecule has 0 aliphatic heterocycles. The Balaban J connectivity index is 3.13. The zero-order chi connectivity index (χ0) is 9.84. The zero-order valence-electron chi connectivity index (χ0n) is 8.52. The summed E-state index contributed by atoms with van der Waals surface area (Å²) in [5, 5.41) is 0. The van der Waals surface area contributed by atoms with Gasteiger partial charge in [-0.25, -0.2) is 0 Å². The van der Waals surface area contributed by atoms with Crippen LogP contribution >= 0.6 is 0 Å². The standard InChI is InChI=1S/C13H15/c1-5-12(6-2)13-9-10(3)7-8-11(13)4/h7-9,12H,5H2,1,3-4H3. The summed E-state index contributed by atoms with van der Waals surface area (Å²) in [4.78, 5) is 0. The zero-order valence-corrected chi connectivity index (χ0v) is 8.52. The lowest BCUT2D eigenvalue weighted by atomic mass is 9.92. The van der Waals surface area contributed by atoms with Crippen LogP contribution in [-0.2, 0) is 0 Å².